The van der Waals surface area contributed by atoms with E-state index in [1.807, 2.05) is 12.1 Å². The molecule has 0 saturated carbocycles. The number of hydrogen-bond donors (Lipinski definition) is 1. The van der Waals surface area contributed by atoms with Crippen molar-refractivity contribution in [3.63, 3.8) is 0 Å². The van der Waals surface area contributed by atoms with Crippen molar-refractivity contribution in [2.45, 2.75) is 12.5 Å². The number of pyridine rings is 1. The molecular weight excluding hydrogens is 292 g/mol. The molecule has 2 aliphatic heterocycles. The first kappa shape index (κ1) is 14.1. The van der Waals surface area contributed by atoms with E-state index in [-0.39, 0.29) is 11.9 Å². The van der Waals surface area contributed by atoms with E-state index in [1.54, 1.807) is 30.5 Å². The maximum atomic E-state index is 11.8. The van der Waals surface area contributed by atoms with Gasteiger partial charge in [0.25, 0.3) is 0 Å². The third-order valence-corrected chi connectivity index (χ3v) is 4.45. The van der Waals surface area contributed by atoms with Crippen LogP contribution in [-0.2, 0) is 11.2 Å². The molecule has 4 rings (SSSR count). The number of aromatic nitrogens is 3. The summed E-state index contributed by atoms with van der Waals surface area (Å²) in [5.41, 5.74) is 2.08. The molecular formula is C16H18N6O. The molecule has 1 saturated heterocycles. The van der Waals surface area contributed by atoms with Gasteiger partial charge < -0.3 is 10.2 Å². The molecule has 7 heteroatoms. The molecule has 1 N–H and O–H groups in total. The van der Waals surface area contributed by atoms with Gasteiger partial charge in [0.2, 0.25) is 11.9 Å². The molecule has 1 atom stereocenters. The number of fused-ring (bicyclic) bond motifs is 1. The molecule has 1 unspecified atom stereocenters. The average molecular weight is 310 g/mol. The van der Waals surface area contributed by atoms with Crippen molar-refractivity contribution < 1.29 is 4.79 Å². The Bertz CT molecular complexity index is 735. The zero-order valence-electron chi connectivity index (χ0n) is 12.9. The first-order valence-corrected chi connectivity index (χ1v) is 7.74. The maximum absolute atomic E-state index is 11.8. The second-order valence-corrected chi connectivity index (χ2v) is 5.84. The predicted octanol–water partition coefficient (Wildman–Crippen LogP) is 0.541. The lowest BCUT2D eigenvalue weighted by Crippen LogP contribution is -2.46. The van der Waals surface area contributed by atoms with Crippen molar-refractivity contribution in [1.29, 1.82) is 0 Å². The highest BCUT2D eigenvalue weighted by atomic mass is 16.2. The molecule has 2 aliphatic rings. The Hall–Kier alpha value is -2.54. The van der Waals surface area contributed by atoms with Gasteiger partial charge in [-0.3, -0.25) is 14.7 Å². The number of carbonyl (C=O) groups is 1. The first-order valence-electron chi connectivity index (χ1n) is 7.74. The monoisotopic (exact) mass is 310 g/mol. The number of amides is 1. The Morgan fingerprint density at radius 1 is 1.30 bits per heavy atom. The van der Waals surface area contributed by atoms with E-state index in [0.717, 1.165) is 31.0 Å². The summed E-state index contributed by atoms with van der Waals surface area (Å²) >= 11 is 0. The van der Waals surface area contributed by atoms with E-state index in [2.05, 4.69) is 25.2 Å². The van der Waals surface area contributed by atoms with Gasteiger partial charge in [-0.2, -0.15) is 4.98 Å². The van der Waals surface area contributed by atoms with Gasteiger partial charge in [-0.15, -0.1) is 0 Å². The number of hydrogen-bond acceptors (Lipinski definition) is 6. The molecule has 118 valence electrons. The minimum absolute atomic E-state index is 0.0671. The van der Waals surface area contributed by atoms with Crippen LogP contribution >= 0.6 is 0 Å². The van der Waals surface area contributed by atoms with Gasteiger partial charge >= 0.3 is 0 Å². The highest BCUT2D eigenvalue weighted by Crippen LogP contribution is 2.30. The largest absolute Gasteiger partial charge is 0.331 e. The number of likely N-dealkylation sites (N-methyl/N-ethyl adjacent to an activating group) is 1. The van der Waals surface area contributed by atoms with Crippen LogP contribution in [0.5, 0.6) is 0 Å². The molecule has 0 aliphatic carbocycles. The van der Waals surface area contributed by atoms with Crippen LogP contribution in [0.1, 0.15) is 17.2 Å². The van der Waals surface area contributed by atoms with Gasteiger partial charge in [-0.1, -0.05) is 0 Å². The number of carbonyl (C=O) groups excluding carboxylic acids is 1. The Morgan fingerprint density at radius 2 is 2.13 bits per heavy atom. The molecule has 2 aromatic heterocycles. The lowest BCUT2D eigenvalue weighted by Gasteiger charge is -2.36. The van der Waals surface area contributed by atoms with Gasteiger partial charge in [0, 0.05) is 50.8 Å². The number of piperazine rings is 1. The van der Waals surface area contributed by atoms with Crippen LogP contribution in [-0.4, -0.2) is 47.5 Å². The predicted molar refractivity (Wildman–Crippen MR) is 86.3 cm³/mol. The molecule has 7 nitrogen and oxygen atoms in total. The molecule has 1 fully saturated rings. The van der Waals surface area contributed by atoms with Crippen LogP contribution in [0.2, 0.25) is 0 Å². The van der Waals surface area contributed by atoms with E-state index in [0.29, 0.717) is 12.4 Å². The fourth-order valence-corrected chi connectivity index (χ4v) is 3.17. The number of nitrogens with zero attached hydrogens (tertiary/aromatic N) is 5. The smallest absolute Gasteiger partial charge is 0.232 e. The molecule has 1 amide bonds. The third-order valence-electron chi connectivity index (χ3n) is 4.45. The Morgan fingerprint density at radius 3 is 2.96 bits per heavy atom. The minimum atomic E-state index is 0.0671. The van der Waals surface area contributed by atoms with E-state index < -0.39 is 0 Å². The molecule has 0 bridgehead atoms. The summed E-state index contributed by atoms with van der Waals surface area (Å²) in [6, 6.07) is 4.20. The maximum Gasteiger partial charge on any atom is 0.232 e. The van der Waals surface area contributed by atoms with Gasteiger partial charge in [-0.25, -0.2) is 4.98 Å². The van der Waals surface area contributed by atoms with E-state index in [1.165, 1.54) is 5.56 Å². The first-order chi connectivity index (χ1) is 11.2. The van der Waals surface area contributed by atoms with Gasteiger partial charge in [0.15, 0.2) is 0 Å². The summed E-state index contributed by atoms with van der Waals surface area (Å²) in [5.74, 6) is 1.47. The van der Waals surface area contributed by atoms with Crippen molar-refractivity contribution in [3.05, 3.63) is 41.9 Å². The highest BCUT2D eigenvalue weighted by Gasteiger charge is 2.30. The Kier molecular flexibility index (Phi) is 3.42. The Balaban J connectivity index is 1.70. The normalized spacial score (nSPS) is 20.7. The molecule has 0 radical (unpaired) electrons. The van der Waals surface area contributed by atoms with Gasteiger partial charge in [0.1, 0.15) is 5.82 Å². The minimum Gasteiger partial charge on any atom is -0.331 e. The van der Waals surface area contributed by atoms with Crippen LogP contribution < -0.4 is 15.1 Å². The van der Waals surface area contributed by atoms with Crippen LogP contribution in [0, 0.1) is 0 Å². The van der Waals surface area contributed by atoms with E-state index in [9.17, 15) is 4.79 Å². The number of anilines is 2. The number of nitrogens with one attached hydrogen (secondary N) is 1. The molecule has 0 spiro atoms. The summed E-state index contributed by atoms with van der Waals surface area (Å²) < 4.78 is 0. The summed E-state index contributed by atoms with van der Waals surface area (Å²) in [4.78, 5) is 28.9. The molecule has 23 heavy (non-hydrogen) atoms. The fraction of sp³-hybridized carbons (Fsp3) is 0.375. The highest BCUT2D eigenvalue weighted by molar-refractivity contribution is 5.99. The molecule has 4 heterocycles. The zero-order chi connectivity index (χ0) is 15.8. The van der Waals surface area contributed by atoms with E-state index in [4.69, 9.17) is 0 Å². The van der Waals surface area contributed by atoms with Crippen LogP contribution in [0.15, 0.2) is 30.7 Å². The molecule has 0 aromatic carbocycles. The van der Waals surface area contributed by atoms with Crippen LogP contribution in [0.3, 0.4) is 0 Å². The van der Waals surface area contributed by atoms with Crippen molar-refractivity contribution >= 4 is 17.7 Å². The number of rotatable bonds is 2. The second-order valence-electron chi connectivity index (χ2n) is 5.84. The van der Waals surface area contributed by atoms with E-state index >= 15 is 0 Å². The Labute approximate surface area is 134 Å². The van der Waals surface area contributed by atoms with Crippen molar-refractivity contribution in [3.8, 4) is 0 Å². The third kappa shape index (κ3) is 2.43. The summed E-state index contributed by atoms with van der Waals surface area (Å²) in [6.45, 7) is 2.54. The van der Waals surface area contributed by atoms with Crippen LogP contribution in [0.4, 0.5) is 11.8 Å². The lowest BCUT2D eigenvalue weighted by atomic mass is 10.1. The molecule has 2 aromatic rings. The van der Waals surface area contributed by atoms with Crippen molar-refractivity contribution in [2.75, 3.05) is 36.5 Å². The van der Waals surface area contributed by atoms with Crippen molar-refractivity contribution in [1.82, 2.24) is 20.3 Å². The van der Waals surface area contributed by atoms with Gasteiger partial charge in [0.05, 0.1) is 12.5 Å². The summed E-state index contributed by atoms with van der Waals surface area (Å²) in [6.07, 6.45) is 5.78. The lowest BCUT2D eigenvalue weighted by molar-refractivity contribution is -0.117. The average Bonchev–Trinajstić information content (AvgIpc) is 2.90. The summed E-state index contributed by atoms with van der Waals surface area (Å²) in [7, 11) is 1.77. The standard InChI is InChI=1S/C16H18N6O/c1-21-14(23)8-12-9-19-16(20-15(12)21)22-7-6-18-10-13(22)11-2-4-17-5-3-11/h2-5,9,13,18H,6-8,10H2,1H3. The van der Waals surface area contributed by atoms with Crippen molar-refractivity contribution in [2.24, 2.45) is 0 Å². The zero-order valence-corrected chi connectivity index (χ0v) is 12.9. The SMILES string of the molecule is CN1C(=O)Cc2cnc(N3CCNCC3c3ccncc3)nc21. The fourth-order valence-electron chi connectivity index (χ4n) is 3.17. The second kappa shape index (κ2) is 5.58. The summed E-state index contributed by atoms with van der Waals surface area (Å²) in [5, 5.41) is 3.42. The topological polar surface area (TPSA) is 74.2 Å². The quantitative estimate of drug-likeness (QED) is 0.873. The van der Waals surface area contributed by atoms with Gasteiger partial charge in [-0.05, 0) is 17.7 Å². The van der Waals surface area contributed by atoms with Crippen LogP contribution in [0.25, 0.3) is 0 Å².